The van der Waals surface area contributed by atoms with Crippen molar-refractivity contribution in [3.63, 3.8) is 0 Å². The smallest absolute Gasteiger partial charge is 0.229 e. The highest BCUT2D eigenvalue weighted by molar-refractivity contribution is 7.14. The maximum Gasteiger partial charge on any atom is 0.229 e. The molecule has 0 spiro atoms. The maximum absolute atomic E-state index is 9.15. The third-order valence-corrected chi connectivity index (χ3v) is 6.37. The second-order valence-electron chi connectivity index (χ2n) is 7.56. The van der Waals surface area contributed by atoms with Gasteiger partial charge in [0.1, 0.15) is 5.82 Å². The lowest BCUT2D eigenvalue weighted by atomic mass is 10.2. The molecule has 0 amide bonds. The number of nitrogens with one attached hydrogen (secondary N) is 1. The summed E-state index contributed by atoms with van der Waals surface area (Å²) in [5.41, 5.74) is 2.48. The van der Waals surface area contributed by atoms with Crippen LogP contribution in [-0.2, 0) is 6.42 Å². The van der Waals surface area contributed by atoms with Crippen LogP contribution in [0.25, 0.3) is 0 Å². The zero-order valence-corrected chi connectivity index (χ0v) is 18.2. The molecule has 0 unspecified atom stereocenters. The van der Waals surface area contributed by atoms with E-state index in [1.54, 1.807) is 17.4 Å². The predicted molar refractivity (Wildman–Crippen MR) is 124 cm³/mol. The van der Waals surface area contributed by atoms with Gasteiger partial charge in [0, 0.05) is 43.6 Å². The van der Waals surface area contributed by atoms with Crippen molar-refractivity contribution in [2.24, 2.45) is 0 Å². The molecule has 3 aromatic rings. The van der Waals surface area contributed by atoms with Gasteiger partial charge in [0.25, 0.3) is 0 Å². The molecular weight excluding hydrogens is 392 g/mol. The fourth-order valence-electron chi connectivity index (χ4n) is 3.80. The number of hydrogen-bond donors (Lipinski definition) is 1. The molecule has 1 N–H and O–H groups in total. The van der Waals surface area contributed by atoms with Gasteiger partial charge in [0.05, 0.1) is 16.6 Å². The number of anilines is 4. The van der Waals surface area contributed by atoms with Crippen LogP contribution in [0.3, 0.4) is 0 Å². The summed E-state index contributed by atoms with van der Waals surface area (Å²) in [4.78, 5) is 14.2. The van der Waals surface area contributed by atoms with Crippen molar-refractivity contribution in [1.82, 2.24) is 9.97 Å². The lowest BCUT2D eigenvalue weighted by Crippen LogP contribution is -2.34. The average Bonchev–Trinajstić information content (AvgIpc) is 3.46. The zero-order chi connectivity index (χ0) is 20.9. The Bertz CT molecular complexity index is 1030. The fraction of sp³-hybridized carbons (Fsp3) is 0.348. The summed E-state index contributed by atoms with van der Waals surface area (Å²) in [5.74, 6) is 1.55. The van der Waals surface area contributed by atoms with E-state index in [2.05, 4.69) is 58.7 Å². The Morgan fingerprint density at radius 2 is 2.17 bits per heavy atom. The van der Waals surface area contributed by atoms with Gasteiger partial charge in [0.15, 0.2) is 0 Å². The van der Waals surface area contributed by atoms with Crippen molar-refractivity contribution in [1.29, 1.82) is 5.26 Å². The predicted octanol–water partition coefficient (Wildman–Crippen LogP) is 4.82. The maximum atomic E-state index is 9.15. The van der Waals surface area contributed by atoms with Crippen molar-refractivity contribution < 1.29 is 0 Å². The molecule has 7 heteroatoms. The summed E-state index contributed by atoms with van der Waals surface area (Å²) >= 11 is 1.78. The minimum Gasteiger partial charge on any atom is -0.362 e. The van der Waals surface area contributed by atoms with Crippen molar-refractivity contribution in [3.05, 3.63) is 59.1 Å². The van der Waals surface area contributed by atoms with Crippen molar-refractivity contribution >= 4 is 33.8 Å². The summed E-state index contributed by atoms with van der Waals surface area (Å²) < 4.78 is 0. The second-order valence-corrected chi connectivity index (χ2v) is 8.49. The van der Waals surface area contributed by atoms with Crippen LogP contribution in [0.2, 0.25) is 0 Å². The Morgan fingerprint density at radius 3 is 2.93 bits per heavy atom. The molecular formula is C23H26N6S. The number of aryl methyl sites for hydroxylation is 1. The highest BCUT2D eigenvalue weighted by atomic mass is 32.1. The van der Waals surface area contributed by atoms with E-state index in [1.165, 1.54) is 5.00 Å². The molecule has 6 nitrogen and oxygen atoms in total. The van der Waals surface area contributed by atoms with Crippen LogP contribution >= 0.6 is 11.3 Å². The largest absolute Gasteiger partial charge is 0.362 e. The standard InChI is InChI=1S/C23H26N6S/c1-3-6-18-14-21(27-23(25-18)26-19-8-4-7-17(13-19)15-24)29-11-10-20(16-29)28(2)22-9-5-12-30-22/h4-5,7-9,12-14,20H,3,6,10-11,16H2,1-2H3,(H,25,26,27)/t20-/m0/s1. The van der Waals surface area contributed by atoms with Crippen LogP contribution in [-0.4, -0.2) is 36.1 Å². The molecule has 1 saturated heterocycles. The summed E-state index contributed by atoms with van der Waals surface area (Å²) in [6, 6.07) is 16.4. The SMILES string of the molecule is CCCc1cc(N2CC[C@H](N(C)c3cccs3)C2)nc(Nc2cccc(C#N)c2)n1. The van der Waals surface area contributed by atoms with Crippen LogP contribution in [0.5, 0.6) is 0 Å². The molecule has 0 saturated carbocycles. The topological polar surface area (TPSA) is 68.1 Å². The van der Waals surface area contributed by atoms with Gasteiger partial charge in [-0.1, -0.05) is 19.4 Å². The number of nitrogens with zero attached hydrogens (tertiary/aromatic N) is 5. The van der Waals surface area contributed by atoms with Gasteiger partial charge in [-0.05, 0) is 48.6 Å². The molecule has 0 radical (unpaired) electrons. The number of aromatic nitrogens is 2. The summed E-state index contributed by atoms with van der Waals surface area (Å²) in [7, 11) is 2.18. The Morgan fingerprint density at radius 1 is 1.27 bits per heavy atom. The highest BCUT2D eigenvalue weighted by Gasteiger charge is 2.27. The Labute approximate surface area is 181 Å². The second kappa shape index (κ2) is 9.14. The summed E-state index contributed by atoms with van der Waals surface area (Å²) in [6.45, 7) is 4.08. The van der Waals surface area contributed by atoms with Crippen molar-refractivity contribution in [2.75, 3.05) is 35.3 Å². The molecule has 1 atom stereocenters. The van der Waals surface area contributed by atoms with Crippen molar-refractivity contribution in [3.8, 4) is 6.07 Å². The van der Waals surface area contributed by atoms with Gasteiger partial charge in [0.2, 0.25) is 5.95 Å². The normalized spacial score (nSPS) is 15.8. The molecule has 3 heterocycles. The fourth-order valence-corrected chi connectivity index (χ4v) is 4.57. The number of hydrogen-bond acceptors (Lipinski definition) is 7. The average molecular weight is 419 g/mol. The third kappa shape index (κ3) is 4.55. The Hall–Kier alpha value is -3.11. The monoisotopic (exact) mass is 418 g/mol. The van der Waals surface area contributed by atoms with Gasteiger partial charge in [-0.15, -0.1) is 11.3 Å². The van der Waals surface area contributed by atoms with Crippen LogP contribution in [0, 0.1) is 11.3 Å². The molecule has 0 aliphatic carbocycles. The Balaban J connectivity index is 1.55. The molecule has 2 aromatic heterocycles. The van der Waals surface area contributed by atoms with E-state index in [0.717, 1.165) is 49.6 Å². The van der Waals surface area contributed by atoms with E-state index in [0.29, 0.717) is 17.6 Å². The molecule has 154 valence electrons. The van der Waals surface area contributed by atoms with E-state index < -0.39 is 0 Å². The number of nitriles is 1. The van der Waals surface area contributed by atoms with E-state index in [4.69, 9.17) is 15.2 Å². The van der Waals surface area contributed by atoms with Gasteiger partial charge in [-0.25, -0.2) is 4.98 Å². The van der Waals surface area contributed by atoms with Crippen LogP contribution in [0.15, 0.2) is 47.8 Å². The lowest BCUT2D eigenvalue weighted by Gasteiger charge is -2.26. The molecule has 4 rings (SSSR count). The van der Waals surface area contributed by atoms with Crippen molar-refractivity contribution in [2.45, 2.75) is 32.2 Å². The summed E-state index contributed by atoms with van der Waals surface area (Å²) in [6.07, 6.45) is 3.05. The molecule has 1 aliphatic heterocycles. The molecule has 1 aliphatic rings. The first-order valence-corrected chi connectivity index (χ1v) is 11.2. The minimum atomic E-state index is 0.469. The quantitative estimate of drug-likeness (QED) is 0.593. The highest BCUT2D eigenvalue weighted by Crippen LogP contribution is 2.28. The number of rotatable bonds is 7. The van der Waals surface area contributed by atoms with Gasteiger partial charge >= 0.3 is 0 Å². The third-order valence-electron chi connectivity index (χ3n) is 5.41. The number of thiophene rings is 1. The van der Waals surface area contributed by atoms with Gasteiger partial charge < -0.3 is 15.1 Å². The van der Waals surface area contributed by atoms with Gasteiger partial charge in [-0.3, -0.25) is 0 Å². The van der Waals surface area contributed by atoms with E-state index in [-0.39, 0.29) is 0 Å². The van der Waals surface area contributed by atoms with Crippen LogP contribution in [0.1, 0.15) is 31.0 Å². The first-order valence-electron chi connectivity index (χ1n) is 10.3. The molecule has 30 heavy (non-hydrogen) atoms. The molecule has 0 bridgehead atoms. The van der Waals surface area contributed by atoms with E-state index in [1.807, 2.05) is 18.2 Å². The number of likely N-dealkylation sites (N-methyl/N-ethyl adjacent to an activating group) is 1. The van der Waals surface area contributed by atoms with E-state index in [9.17, 15) is 0 Å². The molecule has 1 aromatic carbocycles. The Kier molecular flexibility index (Phi) is 6.15. The summed E-state index contributed by atoms with van der Waals surface area (Å²) in [5, 5.41) is 15.9. The minimum absolute atomic E-state index is 0.469. The van der Waals surface area contributed by atoms with Crippen LogP contribution < -0.4 is 15.1 Å². The van der Waals surface area contributed by atoms with E-state index >= 15 is 0 Å². The number of benzene rings is 1. The first-order chi connectivity index (χ1) is 14.7. The van der Waals surface area contributed by atoms with Gasteiger partial charge in [-0.2, -0.15) is 10.2 Å². The zero-order valence-electron chi connectivity index (χ0n) is 17.4. The molecule has 1 fully saturated rings. The lowest BCUT2D eigenvalue weighted by molar-refractivity contribution is 0.697. The first kappa shape index (κ1) is 20.2. The van der Waals surface area contributed by atoms with Crippen LogP contribution in [0.4, 0.5) is 22.5 Å².